The number of aromatic nitrogens is 3. The molecule has 194 valence electrons. The van der Waals surface area contributed by atoms with E-state index >= 15 is 0 Å². The highest BCUT2D eigenvalue weighted by Crippen LogP contribution is 2.31. The molecule has 6 rings (SSSR count). The fraction of sp³-hybridized carbons (Fsp3) is 0.121. The van der Waals surface area contributed by atoms with Gasteiger partial charge in [0.2, 0.25) is 0 Å². The molecule has 0 radical (unpaired) electrons. The van der Waals surface area contributed by atoms with Gasteiger partial charge in [0.1, 0.15) is 17.5 Å². The summed E-state index contributed by atoms with van der Waals surface area (Å²) in [6.45, 7) is 2.10. The lowest BCUT2D eigenvalue weighted by atomic mass is 10.0. The van der Waals surface area contributed by atoms with Gasteiger partial charge in [-0.25, -0.2) is 13.8 Å². The van der Waals surface area contributed by atoms with Crippen LogP contribution in [-0.4, -0.2) is 26.4 Å². The molecule has 0 aliphatic heterocycles. The Morgan fingerprint density at radius 3 is 2.23 bits per heavy atom. The molecule has 39 heavy (non-hydrogen) atoms. The molecule has 0 aliphatic carbocycles. The number of hydrogen-bond acceptors (Lipinski definition) is 2. The van der Waals surface area contributed by atoms with Crippen LogP contribution in [0.1, 0.15) is 17.0 Å². The van der Waals surface area contributed by atoms with Crippen molar-refractivity contribution in [1.82, 2.24) is 19.9 Å². The first-order chi connectivity index (χ1) is 19.1. The molecule has 2 N–H and O–H groups in total. The van der Waals surface area contributed by atoms with Crippen molar-refractivity contribution in [3.05, 3.63) is 138 Å². The van der Waals surface area contributed by atoms with Gasteiger partial charge in [-0.1, -0.05) is 72.8 Å². The number of halogens is 2. The zero-order valence-electron chi connectivity index (χ0n) is 21.4. The van der Waals surface area contributed by atoms with Gasteiger partial charge in [0.15, 0.2) is 0 Å². The summed E-state index contributed by atoms with van der Waals surface area (Å²) >= 11 is 0. The van der Waals surface area contributed by atoms with Crippen LogP contribution in [0.3, 0.4) is 0 Å². The lowest BCUT2D eigenvalue weighted by Gasteiger charge is -2.21. The van der Waals surface area contributed by atoms with Gasteiger partial charge in [0.05, 0.1) is 17.9 Å². The average Bonchev–Trinajstić information content (AvgIpc) is 3.57. The Bertz CT molecular complexity index is 1640. The topological polar surface area (TPSA) is 47.7 Å². The van der Waals surface area contributed by atoms with Crippen LogP contribution in [0.5, 0.6) is 0 Å². The van der Waals surface area contributed by atoms with Crippen molar-refractivity contribution in [3.63, 3.8) is 0 Å². The molecular weight excluding hydrogens is 490 g/mol. The Labute approximate surface area is 226 Å². The van der Waals surface area contributed by atoms with Gasteiger partial charge in [-0.3, -0.25) is 4.90 Å². The van der Waals surface area contributed by atoms with Gasteiger partial charge in [0, 0.05) is 41.3 Å². The van der Waals surface area contributed by atoms with Crippen LogP contribution in [-0.2, 0) is 19.5 Å². The Balaban J connectivity index is 1.33. The number of aromatic amines is 2. The second-order valence-corrected chi connectivity index (χ2v) is 9.73. The van der Waals surface area contributed by atoms with Crippen LogP contribution in [0.4, 0.5) is 8.78 Å². The van der Waals surface area contributed by atoms with Crippen molar-refractivity contribution < 1.29 is 8.78 Å². The molecule has 0 saturated heterocycles. The van der Waals surface area contributed by atoms with Crippen molar-refractivity contribution >= 4 is 10.9 Å². The van der Waals surface area contributed by atoms with E-state index in [0.717, 1.165) is 30.9 Å². The maximum atomic E-state index is 14.2. The summed E-state index contributed by atoms with van der Waals surface area (Å²) in [6.07, 6.45) is 2.95. The molecule has 6 aromatic rings. The van der Waals surface area contributed by atoms with E-state index in [4.69, 9.17) is 4.98 Å². The van der Waals surface area contributed by atoms with Crippen LogP contribution in [0.25, 0.3) is 33.4 Å². The van der Waals surface area contributed by atoms with Gasteiger partial charge < -0.3 is 9.97 Å². The fourth-order valence-corrected chi connectivity index (χ4v) is 5.08. The minimum absolute atomic E-state index is 0.335. The number of benzene rings is 4. The maximum Gasteiger partial charge on any atom is 0.123 e. The predicted molar refractivity (Wildman–Crippen MR) is 152 cm³/mol. The van der Waals surface area contributed by atoms with Crippen LogP contribution in [0, 0.1) is 11.6 Å². The summed E-state index contributed by atoms with van der Waals surface area (Å²) < 4.78 is 28.3. The quantitative estimate of drug-likeness (QED) is 0.206. The van der Waals surface area contributed by atoms with Gasteiger partial charge in [-0.05, 0) is 47.9 Å². The average molecular weight is 519 g/mol. The lowest BCUT2D eigenvalue weighted by molar-refractivity contribution is 0.254. The number of fused-ring (bicyclic) bond motifs is 1. The summed E-state index contributed by atoms with van der Waals surface area (Å²) in [7, 11) is 0. The summed E-state index contributed by atoms with van der Waals surface area (Å²) in [5.74, 6) is 0.0633. The zero-order valence-corrected chi connectivity index (χ0v) is 21.4. The van der Waals surface area contributed by atoms with E-state index in [1.807, 2.05) is 36.4 Å². The molecule has 0 amide bonds. The number of para-hydroxylation sites is 1. The van der Waals surface area contributed by atoms with E-state index in [2.05, 4.69) is 51.4 Å². The summed E-state index contributed by atoms with van der Waals surface area (Å²) in [5, 5.41) is 1.23. The Kier molecular flexibility index (Phi) is 7.02. The molecule has 4 nitrogen and oxygen atoms in total. The van der Waals surface area contributed by atoms with Gasteiger partial charge in [-0.2, -0.15) is 0 Å². The third-order valence-electron chi connectivity index (χ3n) is 6.96. The molecule has 4 aromatic carbocycles. The minimum atomic E-state index is -0.341. The molecule has 0 bridgehead atoms. The molecule has 0 atom stereocenters. The first-order valence-electron chi connectivity index (χ1n) is 13.0. The predicted octanol–water partition coefficient (Wildman–Crippen LogP) is 7.75. The normalized spacial score (nSPS) is 11.5. The first kappa shape index (κ1) is 24.8. The molecule has 0 saturated carbocycles. The minimum Gasteiger partial charge on any atom is -0.361 e. The van der Waals surface area contributed by atoms with Gasteiger partial charge in [-0.15, -0.1) is 0 Å². The van der Waals surface area contributed by atoms with Crippen molar-refractivity contribution in [2.75, 3.05) is 6.54 Å². The molecule has 2 heterocycles. The van der Waals surface area contributed by atoms with Crippen LogP contribution in [0.15, 0.2) is 109 Å². The number of hydrogen-bond donors (Lipinski definition) is 2. The number of nitrogens with one attached hydrogen (secondary N) is 2. The molecule has 2 aromatic heterocycles. The lowest BCUT2D eigenvalue weighted by Crippen LogP contribution is -2.26. The van der Waals surface area contributed by atoms with Crippen molar-refractivity contribution in [3.8, 4) is 22.5 Å². The van der Waals surface area contributed by atoms with E-state index in [9.17, 15) is 8.78 Å². The highest BCUT2D eigenvalue weighted by atomic mass is 19.1. The molecule has 0 fully saturated rings. The molecule has 0 aliphatic rings. The maximum absolute atomic E-state index is 14.2. The van der Waals surface area contributed by atoms with E-state index in [-0.39, 0.29) is 11.6 Å². The highest BCUT2D eigenvalue weighted by molar-refractivity contribution is 5.83. The van der Waals surface area contributed by atoms with Crippen LogP contribution < -0.4 is 0 Å². The van der Waals surface area contributed by atoms with Gasteiger partial charge >= 0.3 is 0 Å². The van der Waals surface area contributed by atoms with E-state index in [1.54, 1.807) is 12.1 Å². The van der Waals surface area contributed by atoms with Crippen molar-refractivity contribution in [2.45, 2.75) is 19.5 Å². The van der Waals surface area contributed by atoms with Gasteiger partial charge in [0.25, 0.3) is 0 Å². The highest BCUT2D eigenvalue weighted by Gasteiger charge is 2.18. The zero-order chi connectivity index (χ0) is 26.6. The smallest absolute Gasteiger partial charge is 0.123 e. The summed E-state index contributed by atoms with van der Waals surface area (Å²) in [4.78, 5) is 14.1. The molecule has 0 spiro atoms. The van der Waals surface area contributed by atoms with E-state index in [0.29, 0.717) is 29.1 Å². The summed E-state index contributed by atoms with van der Waals surface area (Å²) in [5.41, 5.74) is 6.19. The van der Waals surface area contributed by atoms with Crippen LogP contribution >= 0.6 is 0 Å². The third kappa shape index (κ3) is 5.66. The van der Waals surface area contributed by atoms with Crippen molar-refractivity contribution in [1.29, 1.82) is 0 Å². The number of rotatable bonds is 9. The summed E-state index contributed by atoms with van der Waals surface area (Å²) in [6, 6.07) is 31.4. The number of H-pyrrole nitrogens is 2. The Hall–Kier alpha value is -4.55. The fourth-order valence-electron chi connectivity index (χ4n) is 5.08. The molecule has 0 unspecified atom stereocenters. The largest absolute Gasteiger partial charge is 0.361 e. The Morgan fingerprint density at radius 1 is 0.718 bits per heavy atom. The third-order valence-corrected chi connectivity index (χ3v) is 6.96. The van der Waals surface area contributed by atoms with E-state index < -0.39 is 0 Å². The first-order valence-corrected chi connectivity index (χ1v) is 13.0. The van der Waals surface area contributed by atoms with E-state index in [1.165, 1.54) is 40.8 Å². The molecule has 6 heteroatoms. The Morgan fingerprint density at radius 2 is 1.44 bits per heavy atom. The van der Waals surface area contributed by atoms with Crippen molar-refractivity contribution in [2.24, 2.45) is 0 Å². The van der Waals surface area contributed by atoms with Crippen LogP contribution in [0.2, 0.25) is 0 Å². The number of nitrogens with zero attached hydrogens (tertiary/aromatic N) is 2. The standard InChI is InChI=1S/C33H28F2N4/c34-27-12-6-10-24(18-27)32-33(25-11-7-13-28(35)19-25)38-31(37-32)22-39(21-23-8-2-1-3-9-23)17-16-26-20-36-30-15-5-4-14-29(26)30/h1-15,18-20,36H,16-17,21-22H2,(H,37,38). The second kappa shape index (κ2) is 11.1. The molecular formula is C33H28F2N4. The monoisotopic (exact) mass is 518 g/mol. The second-order valence-electron chi connectivity index (χ2n) is 9.73. The number of imidazole rings is 1. The SMILES string of the molecule is Fc1cccc(-c2nc(CN(CCc3c[nH]c4ccccc34)Cc3ccccc3)[nH]c2-c2cccc(F)c2)c1.